The van der Waals surface area contributed by atoms with Crippen LogP contribution >= 0.6 is 0 Å². The van der Waals surface area contributed by atoms with Crippen molar-refractivity contribution >= 4 is 5.97 Å². The third-order valence-electron chi connectivity index (χ3n) is 2.95. The molecule has 1 fully saturated rings. The molecule has 0 amide bonds. The van der Waals surface area contributed by atoms with Crippen molar-refractivity contribution < 1.29 is 14.6 Å². The number of hydrogen-bond acceptors (Lipinski definition) is 2. The average molecular weight is 206 g/mol. The Morgan fingerprint density at radius 3 is 2.80 bits per heavy atom. The Bertz CT molecular complexity index is 398. The van der Waals surface area contributed by atoms with E-state index in [0.717, 1.165) is 23.3 Å². The maximum Gasteiger partial charge on any atom is 0.307 e. The van der Waals surface area contributed by atoms with E-state index in [0.29, 0.717) is 0 Å². The summed E-state index contributed by atoms with van der Waals surface area (Å²) in [4.78, 5) is 10.8. The van der Waals surface area contributed by atoms with Gasteiger partial charge in [0.1, 0.15) is 5.75 Å². The predicted molar refractivity (Wildman–Crippen MR) is 56.2 cm³/mol. The lowest BCUT2D eigenvalue weighted by Gasteiger charge is -2.10. The minimum atomic E-state index is -0.705. The number of rotatable bonds is 3. The zero-order valence-electron chi connectivity index (χ0n) is 8.86. The number of methoxy groups -OCH3 is 1. The van der Waals surface area contributed by atoms with Gasteiger partial charge in [0, 0.05) is 5.92 Å². The predicted octanol–water partition coefficient (Wildman–Crippen LogP) is 2.19. The molecule has 0 unspecified atom stereocenters. The molecule has 15 heavy (non-hydrogen) atoms. The second-order valence-corrected chi connectivity index (χ2v) is 3.98. The number of hydrogen-bond donors (Lipinski definition) is 1. The van der Waals surface area contributed by atoms with E-state index in [1.54, 1.807) is 7.11 Å². The van der Waals surface area contributed by atoms with Gasteiger partial charge >= 0.3 is 5.97 Å². The van der Waals surface area contributed by atoms with Gasteiger partial charge in [-0.05, 0) is 24.5 Å². The normalized spacial score (nSPS) is 23.6. The molecule has 3 heteroatoms. The number of carbonyl (C=O) groups is 1. The summed E-state index contributed by atoms with van der Waals surface area (Å²) in [7, 11) is 1.63. The van der Waals surface area contributed by atoms with Crippen LogP contribution in [0.1, 0.15) is 23.5 Å². The number of aliphatic carboxylic acids is 1. The fraction of sp³-hybridized carbons (Fsp3) is 0.417. The van der Waals surface area contributed by atoms with Crippen molar-refractivity contribution in [3.63, 3.8) is 0 Å². The van der Waals surface area contributed by atoms with Crippen LogP contribution in [0.25, 0.3) is 0 Å². The van der Waals surface area contributed by atoms with Crippen LogP contribution in [0, 0.1) is 12.8 Å². The van der Waals surface area contributed by atoms with Gasteiger partial charge in [-0.3, -0.25) is 4.79 Å². The van der Waals surface area contributed by atoms with Crippen LogP contribution in [0.4, 0.5) is 0 Å². The van der Waals surface area contributed by atoms with Gasteiger partial charge in [-0.15, -0.1) is 0 Å². The molecule has 2 rings (SSSR count). The highest BCUT2D eigenvalue weighted by molar-refractivity contribution is 5.75. The molecule has 0 spiro atoms. The maximum atomic E-state index is 10.8. The molecule has 2 atom stereocenters. The first-order valence-electron chi connectivity index (χ1n) is 5.01. The van der Waals surface area contributed by atoms with Crippen molar-refractivity contribution in [2.45, 2.75) is 19.3 Å². The molecule has 0 heterocycles. The lowest BCUT2D eigenvalue weighted by Crippen LogP contribution is -2.00. The van der Waals surface area contributed by atoms with E-state index in [4.69, 9.17) is 9.84 Å². The number of para-hydroxylation sites is 1. The molecular weight excluding hydrogens is 192 g/mol. The van der Waals surface area contributed by atoms with Gasteiger partial charge in [-0.2, -0.15) is 0 Å². The Morgan fingerprint density at radius 1 is 1.53 bits per heavy atom. The Balaban J connectivity index is 2.30. The molecule has 0 saturated heterocycles. The van der Waals surface area contributed by atoms with Gasteiger partial charge < -0.3 is 9.84 Å². The summed E-state index contributed by atoms with van der Waals surface area (Å²) >= 11 is 0. The summed E-state index contributed by atoms with van der Waals surface area (Å²) in [6.45, 7) is 1.97. The van der Waals surface area contributed by atoms with E-state index in [2.05, 4.69) is 0 Å². The number of carboxylic acid groups (broad SMARTS) is 1. The molecule has 1 aromatic carbocycles. The van der Waals surface area contributed by atoms with Crippen LogP contribution < -0.4 is 4.74 Å². The lowest BCUT2D eigenvalue weighted by atomic mass is 10.0. The topological polar surface area (TPSA) is 46.5 Å². The highest BCUT2D eigenvalue weighted by Gasteiger charge is 2.45. The van der Waals surface area contributed by atoms with E-state index in [9.17, 15) is 4.79 Å². The minimum absolute atomic E-state index is 0.136. The van der Waals surface area contributed by atoms with Crippen LogP contribution in [0.15, 0.2) is 18.2 Å². The van der Waals surface area contributed by atoms with Crippen LogP contribution in [0.2, 0.25) is 0 Å². The standard InChI is InChI=1S/C12H14O3/c1-7-4-3-5-8(11(7)15-2)9-6-10(9)12(13)14/h3-5,9-10H,6H2,1-2H3,(H,13,14)/t9-,10+/m0/s1. The summed E-state index contributed by atoms with van der Waals surface area (Å²) in [5.74, 6) is 0.0489. The smallest absolute Gasteiger partial charge is 0.307 e. The fourth-order valence-electron chi connectivity index (χ4n) is 2.06. The fourth-order valence-corrected chi connectivity index (χ4v) is 2.06. The third-order valence-corrected chi connectivity index (χ3v) is 2.95. The Labute approximate surface area is 88.7 Å². The van der Waals surface area contributed by atoms with Crippen molar-refractivity contribution in [3.05, 3.63) is 29.3 Å². The molecule has 0 radical (unpaired) electrons. The van der Waals surface area contributed by atoms with E-state index in [1.165, 1.54) is 0 Å². The zero-order valence-corrected chi connectivity index (χ0v) is 8.86. The molecule has 0 bridgehead atoms. The van der Waals surface area contributed by atoms with Crippen molar-refractivity contribution in [3.8, 4) is 5.75 Å². The summed E-state index contributed by atoms with van der Waals surface area (Å²) in [5.41, 5.74) is 2.09. The lowest BCUT2D eigenvalue weighted by molar-refractivity contribution is -0.138. The van der Waals surface area contributed by atoms with Gasteiger partial charge in [0.2, 0.25) is 0 Å². The van der Waals surface area contributed by atoms with Gasteiger partial charge in [-0.1, -0.05) is 18.2 Å². The monoisotopic (exact) mass is 206 g/mol. The van der Waals surface area contributed by atoms with Crippen LogP contribution in [0.5, 0.6) is 5.75 Å². The van der Waals surface area contributed by atoms with Crippen LogP contribution in [-0.4, -0.2) is 18.2 Å². The Kier molecular flexibility index (Phi) is 2.39. The molecule has 1 saturated carbocycles. The molecule has 80 valence electrons. The van der Waals surface area contributed by atoms with Crippen molar-refractivity contribution in [2.75, 3.05) is 7.11 Å². The van der Waals surface area contributed by atoms with Crippen LogP contribution in [-0.2, 0) is 4.79 Å². The van der Waals surface area contributed by atoms with Gasteiger partial charge in [-0.25, -0.2) is 0 Å². The van der Waals surface area contributed by atoms with Gasteiger partial charge in [0.25, 0.3) is 0 Å². The van der Waals surface area contributed by atoms with E-state index in [-0.39, 0.29) is 11.8 Å². The quantitative estimate of drug-likeness (QED) is 0.824. The second-order valence-electron chi connectivity index (χ2n) is 3.98. The van der Waals surface area contributed by atoms with Crippen molar-refractivity contribution in [1.82, 2.24) is 0 Å². The summed E-state index contributed by atoms with van der Waals surface area (Å²) in [6.07, 6.45) is 0.731. The molecule has 0 aliphatic heterocycles. The number of carboxylic acids is 1. The molecule has 1 aliphatic rings. The first-order valence-corrected chi connectivity index (χ1v) is 5.01. The van der Waals surface area contributed by atoms with Gasteiger partial charge in [0.05, 0.1) is 13.0 Å². The molecule has 1 N–H and O–H groups in total. The third kappa shape index (κ3) is 1.69. The molecule has 1 aliphatic carbocycles. The van der Waals surface area contributed by atoms with E-state index in [1.807, 2.05) is 25.1 Å². The van der Waals surface area contributed by atoms with E-state index < -0.39 is 5.97 Å². The Morgan fingerprint density at radius 2 is 2.27 bits per heavy atom. The second kappa shape index (κ2) is 3.57. The van der Waals surface area contributed by atoms with Crippen molar-refractivity contribution in [1.29, 1.82) is 0 Å². The highest BCUT2D eigenvalue weighted by atomic mass is 16.5. The number of aryl methyl sites for hydroxylation is 1. The minimum Gasteiger partial charge on any atom is -0.496 e. The summed E-state index contributed by atoms with van der Waals surface area (Å²) < 4.78 is 5.31. The number of benzene rings is 1. The number of ether oxygens (including phenoxy) is 1. The average Bonchev–Trinajstić information content (AvgIpc) is 2.96. The first kappa shape index (κ1) is 10.0. The molecule has 0 aromatic heterocycles. The van der Waals surface area contributed by atoms with Crippen LogP contribution in [0.3, 0.4) is 0 Å². The summed E-state index contributed by atoms with van der Waals surface area (Å²) in [6, 6.07) is 5.88. The molecular formula is C12H14O3. The summed E-state index contributed by atoms with van der Waals surface area (Å²) in [5, 5.41) is 8.88. The van der Waals surface area contributed by atoms with Crippen molar-refractivity contribution in [2.24, 2.45) is 5.92 Å². The maximum absolute atomic E-state index is 10.8. The molecule has 1 aromatic rings. The first-order chi connectivity index (χ1) is 7.15. The van der Waals surface area contributed by atoms with E-state index >= 15 is 0 Å². The Hall–Kier alpha value is -1.51. The van der Waals surface area contributed by atoms with Gasteiger partial charge in [0.15, 0.2) is 0 Å². The molecule has 3 nitrogen and oxygen atoms in total. The zero-order chi connectivity index (χ0) is 11.0. The highest BCUT2D eigenvalue weighted by Crippen LogP contribution is 2.50. The SMILES string of the molecule is COc1c(C)cccc1[C@@H]1C[C@H]1C(=O)O. The largest absolute Gasteiger partial charge is 0.496 e.